The molecule has 3 unspecified atom stereocenters. The SMILES string of the molecule is CCNC(=NCC1CCCN(C)C1)N1CCC(C)C(n2ccnc2)C1.I. The van der Waals surface area contributed by atoms with Crippen LogP contribution in [0.15, 0.2) is 23.7 Å². The zero-order valence-corrected chi connectivity index (χ0v) is 18.8. The fraction of sp³-hybridized carbons (Fsp3) is 0.789. The van der Waals surface area contributed by atoms with Crippen LogP contribution in [0.5, 0.6) is 0 Å². The number of guanidine groups is 1. The number of rotatable bonds is 4. The van der Waals surface area contributed by atoms with E-state index in [4.69, 9.17) is 4.99 Å². The Morgan fingerprint density at radius 2 is 2.12 bits per heavy atom. The summed E-state index contributed by atoms with van der Waals surface area (Å²) in [6, 6.07) is 0.473. The standard InChI is InChI=1S/C19H34N6.HI/c1-4-21-19(22-12-17-6-5-9-23(3)13-17)24-10-7-16(2)18(14-24)25-11-8-20-15-25;/h8,11,15-18H,4-7,9-10,12-14H2,1-3H3,(H,21,22);1H. The van der Waals surface area contributed by atoms with E-state index in [2.05, 4.69) is 51.8 Å². The van der Waals surface area contributed by atoms with Gasteiger partial charge in [-0.25, -0.2) is 4.98 Å². The number of hydrogen-bond acceptors (Lipinski definition) is 3. The van der Waals surface area contributed by atoms with Crippen LogP contribution in [-0.4, -0.2) is 71.6 Å². The number of hydrogen-bond donors (Lipinski definition) is 1. The molecule has 0 aromatic carbocycles. The molecule has 0 bridgehead atoms. The van der Waals surface area contributed by atoms with Gasteiger partial charge in [0.05, 0.1) is 12.4 Å². The minimum Gasteiger partial charge on any atom is -0.357 e. The van der Waals surface area contributed by atoms with Gasteiger partial charge in [-0.05, 0) is 51.6 Å². The summed E-state index contributed by atoms with van der Waals surface area (Å²) in [4.78, 5) is 14.1. The molecule has 3 atom stereocenters. The molecule has 0 aliphatic carbocycles. The molecule has 2 saturated heterocycles. The normalized spacial score (nSPS) is 27.9. The van der Waals surface area contributed by atoms with Gasteiger partial charge in [0, 0.05) is 45.1 Å². The molecule has 1 N–H and O–H groups in total. The fourth-order valence-corrected chi connectivity index (χ4v) is 4.16. The minimum absolute atomic E-state index is 0. The second-order valence-corrected chi connectivity index (χ2v) is 7.75. The predicted molar refractivity (Wildman–Crippen MR) is 118 cm³/mol. The van der Waals surface area contributed by atoms with Crippen molar-refractivity contribution in [1.82, 2.24) is 24.7 Å². The monoisotopic (exact) mass is 474 g/mol. The summed E-state index contributed by atoms with van der Waals surface area (Å²) >= 11 is 0. The maximum atomic E-state index is 5.02. The third-order valence-corrected chi connectivity index (χ3v) is 5.68. The Bertz CT molecular complexity index is 546. The van der Waals surface area contributed by atoms with Crippen LogP contribution < -0.4 is 5.32 Å². The molecule has 0 saturated carbocycles. The van der Waals surface area contributed by atoms with Crippen LogP contribution in [-0.2, 0) is 0 Å². The van der Waals surface area contributed by atoms with Gasteiger partial charge in [-0.15, -0.1) is 24.0 Å². The smallest absolute Gasteiger partial charge is 0.193 e. The first-order valence-corrected chi connectivity index (χ1v) is 9.86. The lowest BCUT2D eigenvalue weighted by molar-refractivity contribution is 0.187. The summed E-state index contributed by atoms with van der Waals surface area (Å²) in [5.74, 6) is 2.45. The Morgan fingerprint density at radius 1 is 1.27 bits per heavy atom. The van der Waals surface area contributed by atoms with E-state index in [1.165, 1.54) is 32.4 Å². The molecule has 0 radical (unpaired) electrons. The molecule has 3 rings (SSSR count). The van der Waals surface area contributed by atoms with Gasteiger partial charge in [-0.3, -0.25) is 4.99 Å². The average Bonchev–Trinajstić information content (AvgIpc) is 3.14. The topological polar surface area (TPSA) is 48.7 Å². The van der Waals surface area contributed by atoms with Crippen LogP contribution in [0.25, 0.3) is 0 Å². The van der Waals surface area contributed by atoms with Crippen LogP contribution >= 0.6 is 24.0 Å². The lowest BCUT2D eigenvalue weighted by atomic mass is 9.93. The first-order valence-electron chi connectivity index (χ1n) is 9.86. The van der Waals surface area contributed by atoms with Crippen molar-refractivity contribution in [3.63, 3.8) is 0 Å². The molecule has 148 valence electrons. The molecule has 2 aliphatic heterocycles. The zero-order chi connectivity index (χ0) is 17.6. The highest BCUT2D eigenvalue weighted by atomic mass is 127. The van der Waals surface area contributed by atoms with Gasteiger partial charge < -0.3 is 19.7 Å². The van der Waals surface area contributed by atoms with Crippen molar-refractivity contribution in [1.29, 1.82) is 0 Å². The summed E-state index contributed by atoms with van der Waals surface area (Å²) in [7, 11) is 2.23. The van der Waals surface area contributed by atoms with Crippen LogP contribution in [0.1, 0.15) is 39.2 Å². The zero-order valence-electron chi connectivity index (χ0n) is 16.5. The van der Waals surface area contributed by atoms with E-state index in [1.54, 1.807) is 0 Å². The highest BCUT2D eigenvalue weighted by Gasteiger charge is 2.29. The van der Waals surface area contributed by atoms with Crippen molar-refractivity contribution in [2.75, 3.05) is 46.3 Å². The van der Waals surface area contributed by atoms with E-state index in [1.807, 2.05) is 12.5 Å². The van der Waals surface area contributed by atoms with Gasteiger partial charge in [0.25, 0.3) is 0 Å². The molecule has 1 aromatic heterocycles. The van der Waals surface area contributed by atoms with E-state index in [9.17, 15) is 0 Å². The van der Waals surface area contributed by atoms with Crippen LogP contribution in [0.4, 0.5) is 0 Å². The fourth-order valence-electron chi connectivity index (χ4n) is 4.16. The molecule has 3 heterocycles. The maximum Gasteiger partial charge on any atom is 0.193 e. The molecule has 26 heavy (non-hydrogen) atoms. The summed E-state index contributed by atoms with van der Waals surface area (Å²) in [5.41, 5.74) is 0. The van der Waals surface area contributed by atoms with Gasteiger partial charge in [0.15, 0.2) is 5.96 Å². The van der Waals surface area contributed by atoms with Crippen molar-refractivity contribution < 1.29 is 0 Å². The number of aliphatic imine (C=N–C) groups is 1. The Labute approximate surface area is 175 Å². The number of halogens is 1. The number of nitrogens with one attached hydrogen (secondary N) is 1. The highest BCUT2D eigenvalue weighted by molar-refractivity contribution is 14.0. The highest BCUT2D eigenvalue weighted by Crippen LogP contribution is 2.27. The summed E-state index contributed by atoms with van der Waals surface area (Å²) in [6.45, 7) is 10.9. The molecule has 0 amide bonds. The maximum absolute atomic E-state index is 5.02. The average molecular weight is 474 g/mol. The number of likely N-dealkylation sites (tertiary alicyclic amines) is 2. The molecule has 2 aliphatic rings. The van der Waals surface area contributed by atoms with E-state index in [-0.39, 0.29) is 24.0 Å². The Balaban J connectivity index is 0.00000243. The van der Waals surface area contributed by atoms with Gasteiger partial charge in [0.2, 0.25) is 0 Å². The summed E-state index contributed by atoms with van der Waals surface area (Å²) in [5, 5.41) is 3.52. The van der Waals surface area contributed by atoms with Gasteiger partial charge in [-0.1, -0.05) is 6.92 Å². The summed E-state index contributed by atoms with van der Waals surface area (Å²) < 4.78 is 2.26. The number of imidazole rings is 1. The molecule has 1 aromatic rings. The molecule has 7 heteroatoms. The minimum atomic E-state index is 0. The van der Waals surface area contributed by atoms with Crippen LogP contribution in [0.2, 0.25) is 0 Å². The van der Waals surface area contributed by atoms with Gasteiger partial charge in [-0.2, -0.15) is 0 Å². The second kappa shape index (κ2) is 10.5. The van der Waals surface area contributed by atoms with Crippen LogP contribution in [0, 0.1) is 11.8 Å². The lowest BCUT2D eigenvalue weighted by Gasteiger charge is -2.39. The van der Waals surface area contributed by atoms with E-state index in [0.717, 1.165) is 32.1 Å². The predicted octanol–water partition coefficient (Wildman–Crippen LogP) is 2.69. The van der Waals surface area contributed by atoms with Crippen molar-refractivity contribution in [2.45, 2.75) is 39.2 Å². The van der Waals surface area contributed by atoms with Crippen molar-refractivity contribution in [2.24, 2.45) is 16.8 Å². The number of aromatic nitrogens is 2. The van der Waals surface area contributed by atoms with Gasteiger partial charge in [0.1, 0.15) is 0 Å². The quantitative estimate of drug-likeness (QED) is 0.414. The van der Waals surface area contributed by atoms with E-state index < -0.39 is 0 Å². The largest absolute Gasteiger partial charge is 0.357 e. The Morgan fingerprint density at radius 3 is 2.81 bits per heavy atom. The van der Waals surface area contributed by atoms with Crippen molar-refractivity contribution in [3.8, 4) is 0 Å². The number of piperidine rings is 2. The molecule has 2 fully saturated rings. The molecule has 6 nitrogen and oxygen atoms in total. The van der Waals surface area contributed by atoms with Crippen molar-refractivity contribution in [3.05, 3.63) is 18.7 Å². The third kappa shape index (κ3) is 5.58. The molecular weight excluding hydrogens is 439 g/mol. The van der Waals surface area contributed by atoms with Crippen LogP contribution in [0.3, 0.4) is 0 Å². The first-order chi connectivity index (χ1) is 12.2. The molecule has 0 spiro atoms. The third-order valence-electron chi connectivity index (χ3n) is 5.68. The first kappa shape index (κ1) is 21.5. The number of nitrogens with zero attached hydrogens (tertiary/aromatic N) is 5. The van der Waals surface area contributed by atoms with E-state index in [0.29, 0.717) is 17.9 Å². The molecular formula is C19H35IN6. The summed E-state index contributed by atoms with van der Waals surface area (Å²) in [6.07, 6.45) is 9.72. The second-order valence-electron chi connectivity index (χ2n) is 7.75. The van der Waals surface area contributed by atoms with Crippen molar-refractivity contribution >= 4 is 29.9 Å². The Hall–Kier alpha value is -0.830. The lowest BCUT2D eigenvalue weighted by Crippen LogP contribution is -2.49. The van der Waals surface area contributed by atoms with E-state index >= 15 is 0 Å². The Kier molecular flexibility index (Phi) is 8.66. The van der Waals surface area contributed by atoms with Gasteiger partial charge >= 0.3 is 0 Å².